The molecule has 0 heterocycles. The zero-order chi connectivity index (χ0) is 11.0. The van der Waals surface area contributed by atoms with Crippen molar-refractivity contribution < 1.29 is 0 Å². The van der Waals surface area contributed by atoms with Crippen molar-refractivity contribution in [1.29, 1.82) is 0 Å². The Kier molecular flexibility index (Phi) is 3.03. The lowest BCUT2D eigenvalue weighted by Gasteiger charge is -2.28. The quantitative estimate of drug-likeness (QED) is 0.891. The molecule has 2 heteroatoms. The van der Waals surface area contributed by atoms with Gasteiger partial charge < -0.3 is 5.32 Å². The second-order valence-corrected chi connectivity index (χ2v) is 6.03. The van der Waals surface area contributed by atoms with Crippen LogP contribution in [0.3, 0.4) is 0 Å². The molecule has 3 rings (SSSR count). The lowest BCUT2D eigenvalue weighted by atomic mass is 9.92. The second kappa shape index (κ2) is 4.50. The van der Waals surface area contributed by atoms with E-state index in [1.54, 1.807) is 11.1 Å². The molecule has 16 heavy (non-hydrogen) atoms. The largest absolute Gasteiger partial charge is 0.313 e. The minimum Gasteiger partial charge on any atom is -0.313 e. The first-order chi connectivity index (χ1) is 7.83. The minimum absolute atomic E-state index is 0.753. The van der Waals surface area contributed by atoms with Gasteiger partial charge in [0.25, 0.3) is 0 Å². The standard InChI is InChI=1S/C14H18BrN/c15-12-6-7-14-10(8-12)4-5-11(14)9-16-13-2-1-3-13/h6-8,11,13,16H,1-5,9H2. The summed E-state index contributed by atoms with van der Waals surface area (Å²) in [5.41, 5.74) is 3.13. The lowest BCUT2D eigenvalue weighted by molar-refractivity contribution is 0.331. The zero-order valence-corrected chi connectivity index (χ0v) is 11.1. The van der Waals surface area contributed by atoms with Crippen LogP contribution in [0, 0.1) is 0 Å². The smallest absolute Gasteiger partial charge is 0.0178 e. The van der Waals surface area contributed by atoms with Crippen molar-refractivity contribution in [1.82, 2.24) is 5.32 Å². The molecule has 0 bridgehead atoms. The predicted molar refractivity (Wildman–Crippen MR) is 70.8 cm³/mol. The van der Waals surface area contributed by atoms with Crippen molar-refractivity contribution in [3.63, 3.8) is 0 Å². The van der Waals surface area contributed by atoms with Gasteiger partial charge in [-0.3, -0.25) is 0 Å². The zero-order valence-electron chi connectivity index (χ0n) is 9.51. The van der Waals surface area contributed by atoms with E-state index >= 15 is 0 Å². The molecule has 86 valence electrons. The van der Waals surface area contributed by atoms with Crippen LogP contribution in [0.1, 0.15) is 42.7 Å². The Hall–Kier alpha value is -0.340. The van der Waals surface area contributed by atoms with E-state index in [4.69, 9.17) is 0 Å². The molecule has 0 radical (unpaired) electrons. The maximum atomic E-state index is 3.70. The third-order valence-corrected chi connectivity index (χ3v) is 4.56. The van der Waals surface area contributed by atoms with E-state index in [9.17, 15) is 0 Å². The van der Waals surface area contributed by atoms with Gasteiger partial charge in [0.05, 0.1) is 0 Å². The summed E-state index contributed by atoms with van der Waals surface area (Å²) in [5.74, 6) is 0.753. The lowest BCUT2D eigenvalue weighted by Crippen LogP contribution is -2.37. The van der Waals surface area contributed by atoms with E-state index in [-0.39, 0.29) is 0 Å². The number of hydrogen-bond acceptors (Lipinski definition) is 1. The normalized spacial score (nSPS) is 24.2. The molecule has 2 aliphatic carbocycles. The molecule has 0 aliphatic heterocycles. The van der Waals surface area contributed by atoms with Crippen LogP contribution in [0.25, 0.3) is 0 Å². The van der Waals surface area contributed by atoms with Gasteiger partial charge >= 0.3 is 0 Å². The van der Waals surface area contributed by atoms with Gasteiger partial charge in [0.1, 0.15) is 0 Å². The van der Waals surface area contributed by atoms with Gasteiger partial charge in [0.15, 0.2) is 0 Å². The Morgan fingerprint density at radius 2 is 2.12 bits per heavy atom. The average Bonchev–Trinajstić information content (AvgIpc) is 2.58. The highest BCUT2D eigenvalue weighted by molar-refractivity contribution is 9.10. The number of fused-ring (bicyclic) bond motifs is 1. The highest BCUT2D eigenvalue weighted by Crippen LogP contribution is 2.34. The summed E-state index contributed by atoms with van der Waals surface area (Å²) in [6.45, 7) is 1.18. The van der Waals surface area contributed by atoms with Gasteiger partial charge in [-0.15, -0.1) is 0 Å². The van der Waals surface area contributed by atoms with Gasteiger partial charge in [-0.1, -0.05) is 28.4 Å². The molecule has 2 aliphatic rings. The average molecular weight is 280 g/mol. The fraction of sp³-hybridized carbons (Fsp3) is 0.571. The predicted octanol–water partition coefficient (Wildman–Crippen LogP) is 3.62. The monoisotopic (exact) mass is 279 g/mol. The molecule has 0 spiro atoms. The van der Waals surface area contributed by atoms with Crippen LogP contribution in [0.5, 0.6) is 0 Å². The molecule has 0 aromatic heterocycles. The molecule has 1 unspecified atom stereocenters. The Morgan fingerprint density at radius 3 is 2.88 bits per heavy atom. The highest BCUT2D eigenvalue weighted by Gasteiger charge is 2.24. The number of nitrogens with one attached hydrogen (secondary N) is 1. The van der Waals surface area contributed by atoms with E-state index in [0.717, 1.165) is 12.0 Å². The van der Waals surface area contributed by atoms with Gasteiger partial charge in [0, 0.05) is 17.1 Å². The van der Waals surface area contributed by atoms with Gasteiger partial charge in [0.2, 0.25) is 0 Å². The molecular weight excluding hydrogens is 262 g/mol. The number of halogens is 1. The molecule has 1 atom stereocenters. The van der Waals surface area contributed by atoms with Crippen molar-refractivity contribution in [2.75, 3.05) is 6.54 Å². The van der Waals surface area contributed by atoms with Gasteiger partial charge in [-0.05, 0) is 54.9 Å². The molecule has 1 aromatic carbocycles. The number of benzene rings is 1. The van der Waals surface area contributed by atoms with Gasteiger partial charge in [-0.2, -0.15) is 0 Å². The highest BCUT2D eigenvalue weighted by atomic mass is 79.9. The first-order valence-electron chi connectivity index (χ1n) is 6.34. The fourth-order valence-electron chi connectivity index (χ4n) is 2.81. The molecular formula is C14H18BrN. The molecule has 0 saturated heterocycles. The minimum atomic E-state index is 0.753. The van der Waals surface area contributed by atoms with Crippen molar-refractivity contribution in [2.24, 2.45) is 0 Å². The summed E-state index contributed by atoms with van der Waals surface area (Å²) in [5, 5.41) is 3.70. The van der Waals surface area contributed by atoms with Crippen LogP contribution in [0.15, 0.2) is 22.7 Å². The summed E-state index contributed by atoms with van der Waals surface area (Å²) >= 11 is 3.55. The molecule has 1 nitrogen and oxygen atoms in total. The van der Waals surface area contributed by atoms with Crippen molar-refractivity contribution in [2.45, 2.75) is 44.1 Å². The Bertz CT molecular complexity index is 384. The second-order valence-electron chi connectivity index (χ2n) is 5.11. The van der Waals surface area contributed by atoms with E-state index in [0.29, 0.717) is 0 Å². The summed E-state index contributed by atoms with van der Waals surface area (Å²) in [7, 11) is 0. The van der Waals surface area contributed by atoms with Crippen LogP contribution < -0.4 is 5.32 Å². The van der Waals surface area contributed by atoms with Crippen LogP contribution in [0.2, 0.25) is 0 Å². The summed E-state index contributed by atoms with van der Waals surface area (Å²) < 4.78 is 1.22. The van der Waals surface area contributed by atoms with E-state index in [1.807, 2.05) is 0 Å². The Labute approximate surface area is 106 Å². The number of hydrogen-bond donors (Lipinski definition) is 1. The maximum absolute atomic E-state index is 3.70. The molecule has 0 amide bonds. The molecule has 1 fully saturated rings. The van der Waals surface area contributed by atoms with Crippen LogP contribution in [0.4, 0.5) is 0 Å². The van der Waals surface area contributed by atoms with Crippen molar-refractivity contribution in [3.8, 4) is 0 Å². The Balaban J connectivity index is 1.66. The first-order valence-corrected chi connectivity index (χ1v) is 7.14. The van der Waals surface area contributed by atoms with E-state index in [2.05, 4.69) is 39.4 Å². The number of rotatable bonds is 3. The Morgan fingerprint density at radius 1 is 1.25 bits per heavy atom. The molecule has 1 N–H and O–H groups in total. The third kappa shape index (κ3) is 2.05. The topological polar surface area (TPSA) is 12.0 Å². The van der Waals surface area contributed by atoms with Crippen LogP contribution >= 0.6 is 15.9 Å². The SMILES string of the molecule is Brc1ccc2c(c1)CCC2CNC1CCC1. The van der Waals surface area contributed by atoms with Crippen molar-refractivity contribution in [3.05, 3.63) is 33.8 Å². The summed E-state index contributed by atoms with van der Waals surface area (Å²) in [4.78, 5) is 0. The van der Waals surface area contributed by atoms with Crippen LogP contribution in [-0.4, -0.2) is 12.6 Å². The molecule has 1 saturated carbocycles. The van der Waals surface area contributed by atoms with Crippen molar-refractivity contribution >= 4 is 15.9 Å². The van der Waals surface area contributed by atoms with E-state index in [1.165, 1.54) is 43.1 Å². The van der Waals surface area contributed by atoms with Crippen LogP contribution in [-0.2, 0) is 6.42 Å². The first kappa shape index (κ1) is 10.8. The maximum Gasteiger partial charge on any atom is 0.0178 e. The van der Waals surface area contributed by atoms with Gasteiger partial charge in [-0.25, -0.2) is 0 Å². The third-order valence-electron chi connectivity index (χ3n) is 4.07. The van der Waals surface area contributed by atoms with E-state index < -0.39 is 0 Å². The molecule has 1 aromatic rings. The fourth-order valence-corrected chi connectivity index (χ4v) is 3.22. The summed E-state index contributed by atoms with van der Waals surface area (Å²) in [6, 6.07) is 7.60. The number of aryl methyl sites for hydroxylation is 1. The summed E-state index contributed by atoms with van der Waals surface area (Å²) in [6.07, 6.45) is 6.78.